The van der Waals surface area contributed by atoms with E-state index in [1.165, 1.54) is 25.3 Å². The van der Waals surface area contributed by atoms with Crippen LogP contribution in [0.15, 0.2) is 54.6 Å². The number of alkyl halides is 6. The monoisotopic (exact) mass is 580 g/mol. The fourth-order valence-corrected chi connectivity index (χ4v) is 4.35. The zero-order valence-corrected chi connectivity index (χ0v) is 21.5. The Morgan fingerprint density at radius 2 is 1.49 bits per heavy atom. The number of aromatic nitrogens is 1. The number of hydrogen-bond donors (Lipinski definition) is 3. The lowest BCUT2D eigenvalue weighted by molar-refractivity contribution is -0.145. The van der Waals surface area contributed by atoms with Crippen LogP contribution in [0.3, 0.4) is 0 Å². The minimum absolute atomic E-state index is 0.262. The number of benzene rings is 3. The van der Waals surface area contributed by atoms with Gasteiger partial charge in [-0.2, -0.15) is 26.3 Å². The lowest BCUT2D eigenvalue weighted by Crippen LogP contribution is -2.19. The number of aliphatic carboxylic acids is 1. The molecule has 41 heavy (non-hydrogen) atoms. The number of anilines is 1. The molecule has 0 bridgehead atoms. The Kier molecular flexibility index (Phi) is 7.91. The van der Waals surface area contributed by atoms with Crippen molar-refractivity contribution in [2.24, 2.45) is 0 Å². The number of ether oxygens (including phenoxy) is 2. The van der Waals surface area contributed by atoms with Gasteiger partial charge in [0, 0.05) is 22.3 Å². The number of carboxylic acid groups (broad SMARTS) is 1. The van der Waals surface area contributed by atoms with Crippen LogP contribution < -0.4 is 14.8 Å². The van der Waals surface area contributed by atoms with Gasteiger partial charge in [-0.15, -0.1) is 0 Å². The maximum Gasteiger partial charge on any atom is 0.420 e. The number of fused-ring (bicyclic) bond motifs is 1. The summed E-state index contributed by atoms with van der Waals surface area (Å²) in [6, 6.07) is 11.7. The predicted octanol–water partition coefficient (Wildman–Crippen LogP) is 7.65. The van der Waals surface area contributed by atoms with E-state index >= 15 is 0 Å². The molecule has 4 rings (SSSR count). The molecule has 0 aliphatic carbocycles. The second kappa shape index (κ2) is 11.1. The van der Waals surface area contributed by atoms with Gasteiger partial charge in [0.25, 0.3) is 0 Å². The summed E-state index contributed by atoms with van der Waals surface area (Å²) in [7, 11) is 1.52. The van der Waals surface area contributed by atoms with E-state index in [2.05, 4.69) is 4.98 Å². The van der Waals surface area contributed by atoms with Gasteiger partial charge in [-0.1, -0.05) is 6.92 Å². The first-order chi connectivity index (χ1) is 19.2. The van der Waals surface area contributed by atoms with Crippen LogP contribution in [0, 0.1) is 0 Å². The molecule has 216 valence electrons. The molecule has 0 aliphatic heterocycles. The summed E-state index contributed by atoms with van der Waals surface area (Å²) in [5.74, 6) is -4.08. The Hall–Kier alpha value is -4.68. The van der Waals surface area contributed by atoms with E-state index in [-0.39, 0.29) is 17.9 Å². The van der Waals surface area contributed by atoms with Crippen molar-refractivity contribution in [1.82, 2.24) is 4.98 Å². The molecule has 13 heteroatoms. The molecule has 3 aromatic carbocycles. The van der Waals surface area contributed by atoms with E-state index in [0.717, 1.165) is 16.8 Å². The van der Waals surface area contributed by atoms with Gasteiger partial charge >= 0.3 is 18.3 Å². The van der Waals surface area contributed by atoms with Crippen LogP contribution in [0.1, 0.15) is 30.0 Å². The number of rotatable bonds is 8. The molecular weight excluding hydrogens is 558 g/mol. The molecule has 1 heterocycles. The average Bonchev–Trinajstić information content (AvgIpc) is 3.25. The minimum Gasteiger partial charge on any atom is -0.497 e. The molecule has 0 radical (unpaired) electrons. The van der Waals surface area contributed by atoms with Crippen LogP contribution in [0.25, 0.3) is 22.2 Å². The molecule has 0 aliphatic rings. The zero-order chi connectivity index (χ0) is 30.1. The lowest BCUT2D eigenvalue weighted by atomic mass is 10.0. The van der Waals surface area contributed by atoms with Crippen LogP contribution in [0.2, 0.25) is 0 Å². The van der Waals surface area contributed by atoms with E-state index < -0.39 is 53.2 Å². The number of aromatic amines is 1. The minimum atomic E-state index is -5.32. The van der Waals surface area contributed by atoms with Gasteiger partial charge in [0.1, 0.15) is 29.0 Å². The number of carboxylic acids is 1. The first-order valence-corrected chi connectivity index (χ1v) is 12.0. The molecule has 0 saturated carbocycles. The molecular formula is C28H22F6N2O5. The van der Waals surface area contributed by atoms with Gasteiger partial charge in [-0.3, -0.25) is 9.59 Å². The first kappa shape index (κ1) is 29.3. The highest BCUT2D eigenvalue weighted by Gasteiger charge is 2.43. The van der Waals surface area contributed by atoms with Gasteiger partial charge in [0.15, 0.2) is 5.75 Å². The first-order valence-electron chi connectivity index (χ1n) is 12.0. The number of H-pyrrole nitrogens is 1. The summed E-state index contributed by atoms with van der Waals surface area (Å²) in [4.78, 5) is 25.7. The number of aryl methyl sites for hydroxylation is 1. The number of amides is 1. The van der Waals surface area contributed by atoms with Crippen molar-refractivity contribution in [3.8, 4) is 28.5 Å². The maximum atomic E-state index is 14.0. The van der Waals surface area contributed by atoms with E-state index in [4.69, 9.17) is 14.6 Å². The van der Waals surface area contributed by atoms with Crippen molar-refractivity contribution in [2.75, 3.05) is 12.4 Å². The Morgan fingerprint density at radius 3 is 2.00 bits per heavy atom. The van der Waals surface area contributed by atoms with E-state index in [1.807, 2.05) is 19.1 Å². The highest BCUT2D eigenvalue weighted by molar-refractivity contribution is 6.01. The van der Waals surface area contributed by atoms with Crippen molar-refractivity contribution < 1.29 is 50.5 Å². The number of carbonyl (C=O) groups excluding carboxylic acids is 1. The summed E-state index contributed by atoms with van der Waals surface area (Å²) >= 11 is 0. The maximum absolute atomic E-state index is 14.0. The molecule has 3 N–H and O–H groups in total. The third-order valence-corrected chi connectivity index (χ3v) is 6.13. The van der Waals surface area contributed by atoms with Gasteiger partial charge in [-0.25, -0.2) is 0 Å². The fraction of sp³-hybridized carbons (Fsp3) is 0.214. The fourth-order valence-electron chi connectivity index (χ4n) is 4.35. The Labute approximate surface area is 228 Å². The molecule has 7 nitrogen and oxygen atoms in total. The summed E-state index contributed by atoms with van der Waals surface area (Å²) < 4.78 is 94.4. The van der Waals surface area contributed by atoms with E-state index in [9.17, 15) is 35.9 Å². The molecule has 1 amide bonds. The third kappa shape index (κ3) is 6.39. The van der Waals surface area contributed by atoms with Gasteiger partial charge < -0.3 is 24.9 Å². The standard InChI is InChI=1S/C28H22F6N2O5/c1-3-18-19-12-17(8-9-22(19)36-25(18)14-4-6-16(40-2)7-5-14)41-26-20(27(29,30)31)10-15(11-21(26)28(32,33)34)35-23(37)13-24(38)39/h4-12,36H,3,13H2,1-2H3,(H,35,37)(H,38,39). The van der Waals surface area contributed by atoms with Crippen molar-refractivity contribution in [1.29, 1.82) is 0 Å². The quantitative estimate of drug-likeness (QED) is 0.147. The molecule has 4 aromatic rings. The second-order valence-corrected chi connectivity index (χ2v) is 8.88. The highest BCUT2D eigenvalue weighted by Crippen LogP contribution is 2.48. The van der Waals surface area contributed by atoms with Crippen LogP contribution >= 0.6 is 0 Å². The number of nitrogens with one attached hydrogen (secondary N) is 2. The number of methoxy groups -OCH3 is 1. The van der Waals surface area contributed by atoms with Crippen LogP contribution in [0.5, 0.6) is 17.2 Å². The van der Waals surface area contributed by atoms with Gasteiger partial charge in [0.05, 0.1) is 7.11 Å². The number of hydrogen-bond acceptors (Lipinski definition) is 4. The normalized spacial score (nSPS) is 11.9. The molecule has 0 unspecified atom stereocenters. The smallest absolute Gasteiger partial charge is 0.420 e. The van der Waals surface area contributed by atoms with Gasteiger partial charge in [-0.05, 0) is 72.1 Å². The van der Waals surface area contributed by atoms with Crippen molar-refractivity contribution in [3.05, 3.63) is 71.3 Å². The summed E-state index contributed by atoms with van der Waals surface area (Å²) in [5, 5.41) is 11.0. The zero-order valence-electron chi connectivity index (χ0n) is 21.5. The average molecular weight is 580 g/mol. The van der Waals surface area contributed by atoms with Crippen LogP contribution in [0.4, 0.5) is 32.0 Å². The van der Waals surface area contributed by atoms with Crippen molar-refractivity contribution in [2.45, 2.75) is 32.1 Å². The van der Waals surface area contributed by atoms with E-state index in [1.54, 1.807) is 17.4 Å². The predicted molar refractivity (Wildman–Crippen MR) is 137 cm³/mol. The molecule has 1 aromatic heterocycles. The summed E-state index contributed by atoms with van der Waals surface area (Å²) in [5.41, 5.74) is -1.63. The summed E-state index contributed by atoms with van der Waals surface area (Å²) in [6.45, 7) is 1.85. The number of carbonyl (C=O) groups is 2. The van der Waals surface area contributed by atoms with Crippen molar-refractivity contribution in [3.63, 3.8) is 0 Å². The van der Waals surface area contributed by atoms with E-state index in [0.29, 0.717) is 23.1 Å². The van der Waals surface area contributed by atoms with Crippen LogP contribution in [-0.2, 0) is 28.4 Å². The molecule has 0 fully saturated rings. The Bertz CT molecular complexity index is 1570. The third-order valence-electron chi connectivity index (χ3n) is 6.13. The largest absolute Gasteiger partial charge is 0.497 e. The molecule has 0 saturated heterocycles. The highest BCUT2D eigenvalue weighted by atomic mass is 19.4. The van der Waals surface area contributed by atoms with Gasteiger partial charge in [0.2, 0.25) is 5.91 Å². The van der Waals surface area contributed by atoms with Crippen LogP contribution in [-0.4, -0.2) is 29.1 Å². The second-order valence-electron chi connectivity index (χ2n) is 8.88. The molecule has 0 atom stereocenters. The SMILES string of the molecule is CCc1c(-c2ccc(OC)cc2)[nH]c2ccc(Oc3c(C(F)(F)F)cc(NC(=O)CC(=O)O)cc3C(F)(F)F)cc12. The number of halogens is 6. The van der Waals surface area contributed by atoms with Crippen molar-refractivity contribution >= 4 is 28.5 Å². The molecule has 0 spiro atoms. The Morgan fingerprint density at radius 1 is 0.902 bits per heavy atom. The Balaban J connectivity index is 1.81. The topological polar surface area (TPSA) is 101 Å². The summed E-state index contributed by atoms with van der Waals surface area (Å²) in [6.07, 6.45) is -11.3. The lowest BCUT2D eigenvalue weighted by Gasteiger charge is -2.21.